The van der Waals surface area contributed by atoms with Crippen LogP contribution >= 0.6 is 0 Å². The fraction of sp³-hybridized carbons (Fsp3) is 0.429. The number of nitrogens with zero attached hydrogens (tertiary/aromatic N) is 1. The van der Waals surface area contributed by atoms with Gasteiger partial charge in [0.25, 0.3) is 5.91 Å². The highest BCUT2D eigenvalue weighted by Crippen LogP contribution is 2.33. The van der Waals surface area contributed by atoms with Crippen molar-refractivity contribution in [3.63, 3.8) is 0 Å². The van der Waals surface area contributed by atoms with Crippen molar-refractivity contribution in [2.75, 3.05) is 18.5 Å². The lowest BCUT2D eigenvalue weighted by molar-refractivity contribution is -0.125. The number of carbonyl (C=O) groups is 2. The zero-order chi connectivity index (χ0) is 14.0. The molecule has 1 heterocycles. The molecule has 1 N–H and O–H groups in total. The summed E-state index contributed by atoms with van der Waals surface area (Å²) in [4.78, 5) is 24.3. The number of hydrogen-bond acceptors (Lipinski definition) is 3. The number of amides is 2. The van der Waals surface area contributed by atoms with Crippen molar-refractivity contribution in [2.45, 2.75) is 26.4 Å². The van der Waals surface area contributed by atoms with Crippen molar-refractivity contribution in [3.05, 3.63) is 23.8 Å². The highest BCUT2D eigenvalue weighted by Gasteiger charge is 2.28. The third-order valence-electron chi connectivity index (χ3n) is 3.15. The number of anilines is 1. The third kappa shape index (κ3) is 2.86. The molecular formula is C14H18N2O3. The molecule has 2 amide bonds. The van der Waals surface area contributed by atoms with Gasteiger partial charge in [-0.15, -0.1) is 0 Å². The monoisotopic (exact) mass is 262 g/mol. The van der Waals surface area contributed by atoms with E-state index in [0.717, 1.165) is 23.4 Å². The molecule has 1 unspecified atom stereocenters. The highest BCUT2D eigenvalue weighted by atomic mass is 16.5. The van der Waals surface area contributed by atoms with Gasteiger partial charge >= 0.3 is 0 Å². The molecule has 0 fully saturated rings. The summed E-state index contributed by atoms with van der Waals surface area (Å²) in [6.45, 7) is 3.82. The van der Waals surface area contributed by atoms with E-state index in [9.17, 15) is 9.59 Å². The molecule has 19 heavy (non-hydrogen) atoms. The minimum absolute atomic E-state index is 0.0394. The molecule has 1 aromatic rings. The molecule has 1 aromatic carbocycles. The Morgan fingerprint density at radius 2 is 2.21 bits per heavy atom. The summed E-state index contributed by atoms with van der Waals surface area (Å²) in [6.07, 6.45) is 0.285. The summed E-state index contributed by atoms with van der Waals surface area (Å²) >= 11 is 0. The summed E-state index contributed by atoms with van der Waals surface area (Å²) in [5, 5.41) is 2.75. The van der Waals surface area contributed by atoms with Crippen LogP contribution in [0.15, 0.2) is 18.2 Å². The van der Waals surface area contributed by atoms with Crippen molar-refractivity contribution >= 4 is 17.5 Å². The van der Waals surface area contributed by atoms with Crippen LogP contribution in [0.2, 0.25) is 0 Å². The van der Waals surface area contributed by atoms with Gasteiger partial charge in [0.15, 0.2) is 6.10 Å². The lowest BCUT2D eigenvalue weighted by Crippen LogP contribution is -2.42. The van der Waals surface area contributed by atoms with E-state index in [2.05, 4.69) is 5.32 Å². The van der Waals surface area contributed by atoms with Gasteiger partial charge in [0.1, 0.15) is 5.75 Å². The Morgan fingerprint density at radius 1 is 1.47 bits per heavy atom. The van der Waals surface area contributed by atoms with Crippen LogP contribution in [0.4, 0.5) is 5.69 Å². The fourth-order valence-electron chi connectivity index (χ4n) is 2.10. The minimum Gasteiger partial charge on any atom is -0.479 e. The van der Waals surface area contributed by atoms with Crippen LogP contribution in [0.1, 0.15) is 19.4 Å². The van der Waals surface area contributed by atoms with E-state index < -0.39 is 6.10 Å². The minimum atomic E-state index is -0.442. The highest BCUT2D eigenvalue weighted by molar-refractivity contribution is 5.99. The maximum absolute atomic E-state index is 11.8. The van der Waals surface area contributed by atoms with Crippen LogP contribution in [-0.2, 0) is 16.0 Å². The van der Waals surface area contributed by atoms with Gasteiger partial charge in [-0.05, 0) is 31.0 Å². The first-order valence-corrected chi connectivity index (χ1v) is 6.30. The number of ether oxygens (including phenoxy) is 1. The quantitative estimate of drug-likeness (QED) is 0.887. The molecule has 1 atom stereocenters. The first-order valence-electron chi connectivity index (χ1n) is 6.30. The van der Waals surface area contributed by atoms with Crippen LogP contribution in [-0.4, -0.2) is 31.5 Å². The van der Waals surface area contributed by atoms with Crippen molar-refractivity contribution in [3.8, 4) is 5.75 Å². The Balaban J connectivity index is 2.14. The standard InChI is InChI=1S/C14H18N2O3/c1-9-14(18)16(3)12-8-11(4-5-13(12)19-9)6-7-15-10(2)17/h4-5,8-9H,6-7H2,1-3H3,(H,15,17). The van der Waals surface area contributed by atoms with E-state index in [1.807, 2.05) is 18.2 Å². The first-order chi connectivity index (χ1) is 8.99. The van der Waals surface area contributed by atoms with Gasteiger partial charge in [-0.2, -0.15) is 0 Å². The molecule has 0 bridgehead atoms. The van der Waals surface area contributed by atoms with Crippen LogP contribution in [0.25, 0.3) is 0 Å². The molecule has 0 spiro atoms. The molecule has 0 aliphatic carbocycles. The van der Waals surface area contributed by atoms with Crippen molar-refractivity contribution in [1.82, 2.24) is 5.32 Å². The van der Waals surface area contributed by atoms with Crippen LogP contribution in [0, 0.1) is 0 Å². The van der Waals surface area contributed by atoms with Crippen molar-refractivity contribution in [1.29, 1.82) is 0 Å². The molecule has 5 nitrogen and oxygen atoms in total. The fourth-order valence-corrected chi connectivity index (χ4v) is 2.10. The predicted molar refractivity (Wildman–Crippen MR) is 72.3 cm³/mol. The second-order valence-corrected chi connectivity index (χ2v) is 4.69. The van der Waals surface area contributed by atoms with Gasteiger partial charge in [0.2, 0.25) is 5.91 Å². The summed E-state index contributed by atoms with van der Waals surface area (Å²) in [5.41, 5.74) is 1.84. The van der Waals surface area contributed by atoms with E-state index in [1.165, 1.54) is 6.92 Å². The van der Waals surface area contributed by atoms with E-state index in [0.29, 0.717) is 6.54 Å². The maximum atomic E-state index is 11.8. The molecule has 1 aliphatic heterocycles. The van der Waals surface area contributed by atoms with Crippen LogP contribution in [0.5, 0.6) is 5.75 Å². The van der Waals surface area contributed by atoms with Crippen LogP contribution in [0.3, 0.4) is 0 Å². The molecule has 1 aliphatic rings. The van der Waals surface area contributed by atoms with Crippen LogP contribution < -0.4 is 15.0 Å². The molecule has 102 valence electrons. The summed E-state index contributed by atoms with van der Waals surface area (Å²) in [5.74, 6) is 0.631. The Hall–Kier alpha value is -2.04. The second kappa shape index (κ2) is 5.30. The van der Waals surface area contributed by atoms with Gasteiger partial charge in [0.05, 0.1) is 5.69 Å². The summed E-state index contributed by atoms with van der Waals surface area (Å²) < 4.78 is 5.55. The Labute approximate surface area is 112 Å². The van der Waals surface area contributed by atoms with E-state index in [4.69, 9.17) is 4.74 Å². The molecule has 0 saturated heterocycles. The Kier molecular flexibility index (Phi) is 3.74. The molecule has 2 rings (SSSR count). The second-order valence-electron chi connectivity index (χ2n) is 4.69. The normalized spacial score (nSPS) is 17.7. The third-order valence-corrected chi connectivity index (χ3v) is 3.15. The van der Waals surface area contributed by atoms with Crippen molar-refractivity contribution in [2.24, 2.45) is 0 Å². The first kappa shape index (κ1) is 13.4. The van der Waals surface area contributed by atoms with Gasteiger partial charge in [-0.3, -0.25) is 9.59 Å². The van der Waals surface area contributed by atoms with E-state index in [1.54, 1.807) is 18.9 Å². The Morgan fingerprint density at radius 3 is 2.89 bits per heavy atom. The topological polar surface area (TPSA) is 58.6 Å². The number of likely N-dealkylation sites (N-methyl/N-ethyl adjacent to an activating group) is 1. The Bertz CT molecular complexity index is 513. The zero-order valence-corrected chi connectivity index (χ0v) is 11.4. The molecular weight excluding hydrogens is 244 g/mol. The number of nitrogens with one attached hydrogen (secondary N) is 1. The smallest absolute Gasteiger partial charge is 0.267 e. The number of benzene rings is 1. The van der Waals surface area contributed by atoms with Gasteiger partial charge in [0, 0.05) is 20.5 Å². The lowest BCUT2D eigenvalue weighted by Gasteiger charge is -2.30. The average molecular weight is 262 g/mol. The predicted octanol–water partition coefficient (Wildman–Crippen LogP) is 1.11. The molecule has 0 aromatic heterocycles. The largest absolute Gasteiger partial charge is 0.479 e. The average Bonchev–Trinajstić information content (AvgIpc) is 2.36. The number of carbonyl (C=O) groups excluding carboxylic acids is 2. The van der Waals surface area contributed by atoms with Gasteiger partial charge < -0.3 is 15.0 Å². The van der Waals surface area contributed by atoms with Gasteiger partial charge in [-0.25, -0.2) is 0 Å². The maximum Gasteiger partial charge on any atom is 0.267 e. The van der Waals surface area contributed by atoms with E-state index >= 15 is 0 Å². The van der Waals surface area contributed by atoms with E-state index in [-0.39, 0.29) is 11.8 Å². The summed E-state index contributed by atoms with van der Waals surface area (Å²) in [6, 6.07) is 5.76. The number of fused-ring (bicyclic) bond motifs is 1. The molecule has 0 radical (unpaired) electrons. The number of hydrogen-bond donors (Lipinski definition) is 1. The van der Waals surface area contributed by atoms with Crippen molar-refractivity contribution < 1.29 is 14.3 Å². The lowest BCUT2D eigenvalue weighted by atomic mass is 10.1. The number of rotatable bonds is 3. The zero-order valence-electron chi connectivity index (χ0n) is 11.4. The summed E-state index contributed by atoms with van der Waals surface area (Å²) in [7, 11) is 1.75. The molecule has 5 heteroatoms. The SMILES string of the molecule is CC(=O)NCCc1ccc2c(c1)N(C)C(=O)C(C)O2. The molecule has 0 saturated carbocycles. The van der Waals surface area contributed by atoms with Gasteiger partial charge in [-0.1, -0.05) is 6.07 Å².